The number of ether oxygens (including phenoxy) is 1. The Balaban J connectivity index is 0. The summed E-state index contributed by atoms with van der Waals surface area (Å²) in [6, 6.07) is -0.743. The summed E-state index contributed by atoms with van der Waals surface area (Å²) in [5.41, 5.74) is 0. The number of hydrogen-bond acceptors (Lipinski definition) is 9. The topological polar surface area (TPSA) is 145 Å². The maximum Gasteiger partial charge on any atom is 0.307 e. The van der Waals surface area contributed by atoms with Crippen molar-refractivity contribution in [2.45, 2.75) is 284 Å². The lowest BCUT2D eigenvalue weighted by Gasteiger charge is -2.31. The van der Waals surface area contributed by atoms with Crippen molar-refractivity contribution in [2.24, 2.45) is 0 Å². The molecule has 0 heterocycles. The molecule has 0 fully saturated rings. The Morgan fingerprint density at radius 3 is 0.930 bits per heavy atom. The van der Waals surface area contributed by atoms with E-state index in [4.69, 9.17) is 4.74 Å². The number of unbranched alkanes of at least 4 members (excludes halogenated alkanes) is 28. The standard InChI is InChI=1S/C29H60N2O4S.C28H58N2O4S/c1-6-8-10-12-14-15-17-19-21-26-36(33,34)31(25-22-24-30(3)4)28(27-29(32)35-5)23-20-18-16-13-11-9-7-2;1-5-7-9-11-13-14-16-18-20-25-35(33,34)30(24-21-23-29(3)4)27(26-28(31)32)22-19-17-15-12-10-8-6-2/h28H,6-27H2,1-5H3;27H,5-26H2,1-4H3,(H,31,32). The molecule has 0 bridgehead atoms. The van der Waals surface area contributed by atoms with Gasteiger partial charge in [0.05, 0.1) is 31.5 Å². The Morgan fingerprint density at radius 2 is 0.662 bits per heavy atom. The number of carbonyl (C=O) groups is 2. The molecule has 71 heavy (non-hydrogen) atoms. The van der Waals surface area contributed by atoms with Crippen molar-refractivity contribution in [2.75, 3.05) is 73.0 Å². The SMILES string of the molecule is CCCCCCCCCCCS(=O)(=O)N(CCCN(C)C)C(CCCCCCCCC)CC(=O)O.CCCCCCCCCCCS(=O)(=O)N(CCCN(C)C)C(CCCCCCCCC)CC(=O)OC. The summed E-state index contributed by atoms with van der Waals surface area (Å²) in [4.78, 5) is 28.0. The molecule has 2 atom stereocenters. The molecule has 0 radical (unpaired) electrons. The Bertz CT molecular complexity index is 1420. The second kappa shape index (κ2) is 49.6. The molecule has 0 amide bonds. The van der Waals surface area contributed by atoms with Crippen molar-refractivity contribution in [1.29, 1.82) is 0 Å². The summed E-state index contributed by atoms with van der Waals surface area (Å²) in [6.07, 6.45) is 39.8. The number of carbonyl (C=O) groups excluding carboxylic acids is 1. The Kier molecular flexibility index (Phi) is 50.1. The van der Waals surface area contributed by atoms with Crippen LogP contribution in [0, 0.1) is 0 Å². The minimum atomic E-state index is -3.47. The Labute approximate surface area is 441 Å². The molecule has 14 heteroatoms. The van der Waals surface area contributed by atoms with Crippen molar-refractivity contribution in [3.8, 4) is 0 Å². The number of aliphatic carboxylic acids is 1. The molecule has 0 aliphatic rings. The highest BCUT2D eigenvalue weighted by molar-refractivity contribution is 7.89. The molecule has 0 saturated carbocycles. The molecule has 0 aliphatic heterocycles. The molecular formula is C57H118N4O8S2. The first kappa shape index (κ1) is 71.8. The molecule has 0 aromatic heterocycles. The van der Waals surface area contributed by atoms with Crippen LogP contribution in [0.3, 0.4) is 0 Å². The van der Waals surface area contributed by atoms with Gasteiger partial charge in [-0.15, -0.1) is 0 Å². The van der Waals surface area contributed by atoms with Gasteiger partial charge in [0.25, 0.3) is 0 Å². The van der Waals surface area contributed by atoms with E-state index in [1.807, 2.05) is 33.1 Å². The van der Waals surface area contributed by atoms with Crippen molar-refractivity contribution in [1.82, 2.24) is 18.4 Å². The molecule has 426 valence electrons. The minimum Gasteiger partial charge on any atom is -0.481 e. The second-order valence-corrected chi connectivity index (χ2v) is 25.4. The lowest BCUT2D eigenvalue weighted by atomic mass is 10.0. The first-order chi connectivity index (χ1) is 34.0. The average molecular weight is 1050 g/mol. The smallest absolute Gasteiger partial charge is 0.307 e. The number of hydrogen-bond donors (Lipinski definition) is 1. The van der Waals surface area contributed by atoms with Crippen LogP contribution in [0.4, 0.5) is 0 Å². The zero-order chi connectivity index (χ0) is 53.4. The highest BCUT2D eigenvalue weighted by Gasteiger charge is 2.32. The molecular weight excluding hydrogens is 933 g/mol. The van der Waals surface area contributed by atoms with Gasteiger partial charge < -0.3 is 19.6 Å². The number of carboxylic acids is 1. The van der Waals surface area contributed by atoms with Crippen LogP contribution in [0.1, 0.15) is 272 Å². The largest absolute Gasteiger partial charge is 0.481 e. The molecule has 0 spiro atoms. The first-order valence-electron chi connectivity index (χ1n) is 29.6. The fourth-order valence-corrected chi connectivity index (χ4v) is 13.1. The van der Waals surface area contributed by atoms with E-state index in [1.165, 1.54) is 142 Å². The maximum atomic E-state index is 13.5. The number of methoxy groups -OCH3 is 1. The normalized spacial score (nSPS) is 13.0. The van der Waals surface area contributed by atoms with E-state index < -0.39 is 32.1 Å². The van der Waals surface area contributed by atoms with Gasteiger partial charge in [-0.3, -0.25) is 9.59 Å². The Hall–Kier alpha value is -1.32. The van der Waals surface area contributed by atoms with Gasteiger partial charge in [-0.2, -0.15) is 8.61 Å². The van der Waals surface area contributed by atoms with Crippen LogP contribution in [0.15, 0.2) is 0 Å². The third-order valence-corrected chi connectivity index (χ3v) is 17.8. The van der Waals surface area contributed by atoms with Gasteiger partial charge in [-0.05, 0) is 79.8 Å². The van der Waals surface area contributed by atoms with Crippen molar-refractivity contribution < 1.29 is 36.3 Å². The summed E-state index contributed by atoms with van der Waals surface area (Å²) < 4.78 is 61.9. The third kappa shape index (κ3) is 44.7. The fourth-order valence-electron chi connectivity index (χ4n) is 9.46. The molecule has 12 nitrogen and oxygen atoms in total. The fraction of sp³-hybridized carbons (Fsp3) is 0.965. The maximum absolute atomic E-state index is 13.5. The summed E-state index contributed by atoms with van der Waals surface area (Å²) in [6.45, 7) is 11.4. The van der Waals surface area contributed by atoms with Crippen LogP contribution < -0.4 is 0 Å². The Morgan fingerprint density at radius 1 is 0.394 bits per heavy atom. The van der Waals surface area contributed by atoms with Gasteiger partial charge in [0.1, 0.15) is 0 Å². The molecule has 2 unspecified atom stereocenters. The molecule has 1 N–H and O–H groups in total. The van der Waals surface area contributed by atoms with Crippen molar-refractivity contribution >= 4 is 32.0 Å². The van der Waals surface area contributed by atoms with Gasteiger partial charge in [-0.25, -0.2) is 16.8 Å². The van der Waals surface area contributed by atoms with Crippen molar-refractivity contribution in [3.63, 3.8) is 0 Å². The highest BCUT2D eigenvalue weighted by atomic mass is 32.2. The zero-order valence-electron chi connectivity index (χ0n) is 48.2. The predicted molar refractivity (Wildman–Crippen MR) is 303 cm³/mol. The first-order valence-corrected chi connectivity index (χ1v) is 32.8. The van der Waals surface area contributed by atoms with Gasteiger partial charge in [0, 0.05) is 25.2 Å². The van der Waals surface area contributed by atoms with E-state index in [1.54, 1.807) is 8.61 Å². The van der Waals surface area contributed by atoms with E-state index in [0.29, 0.717) is 32.4 Å². The van der Waals surface area contributed by atoms with Crippen LogP contribution in [-0.2, 0) is 34.4 Å². The number of nitrogens with zero attached hydrogens (tertiary/aromatic N) is 4. The summed E-state index contributed by atoms with van der Waals surface area (Å²) in [5, 5.41) is 9.53. The van der Waals surface area contributed by atoms with Crippen LogP contribution in [0.2, 0.25) is 0 Å². The number of rotatable bonds is 52. The highest BCUT2D eigenvalue weighted by Crippen LogP contribution is 2.23. The van der Waals surface area contributed by atoms with E-state index in [9.17, 15) is 31.5 Å². The third-order valence-electron chi connectivity index (χ3n) is 13.8. The summed E-state index contributed by atoms with van der Waals surface area (Å²) >= 11 is 0. The van der Waals surface area contributed by atoms with Crippen LogP contribution in [-0.4, -0.2) is 137 Å². The molecule has 0 aromatic carbocycles. The molecule has 0 aromatic rings. The number of carboxylic acid groups (broad SMARTS) is 1. The van der Waals surface area contributed by atoms with Crippen LogP contribution in [0.25, 0.3) is 0 Å². The van der Waals surface area contributed by atoms with Crippen LogP contribution in [0.5, 0.6) is 0 Å². The van der Waals surface area contributed by atoms with E-state index >= 15 is 0 Å². The molecule has 0 rings (SSSR count). The van der Waals surface area contributed by atoms with Gasteiger partial charge >= 0.3 is 11.9 Å². The number of sulfonamides is 2. The number of esters is 1. The van der Waals surface area contributed by atoms with Crippen LogP contribution >= 0.6 is 0 Å². The van der Waals surface area contributed by atoms with Gasteiger partial charge in [0.15, 0.2) is 0 Å². The summed E-state index contributed by atoms with van der Waals surface area (Å²) in [7, 11) is 2.46. The average Bonchev–Trinajstić information content (AvgIpc) is 3.31. The van der Waals surface area contributed by atoms with Crippen molar-refractivity contribution in [3.05, 3.63) is 0 Å². The van der Waals surface area contributed by atoms with E-state index in [-0.39, 0.29) is 36.4 Å². The van der Waals surface area contributed by atoms with E-state index in [0.717, 1.165) is 90.1 Å². The second-order valence-electron chi connectivity index (χ2n) is 21.3. The minimum absolute atomic E-state index is 0.102. The quantitative estimate of drug-likeness (QED) is 0.0462. The predicted octanol–water partition coefficient (Wildman–Crippen LogP) is 14.3. The molecule has 0 saturated heterocycles. The van der Waals surface area contributed by atoms with E-state index in [2.05, 4.69) is 32.6 Å². The lowest BCUT2D eigenvalue weighted by molar-refractivity contribution is -0.142. The van der Waals surface area contributed by atoms with Gasteiger partial charge in [0.2, 0.25) is 20.0 Å². The summed E-state index contributed by atoms with van der Waals surface area (Å²) in [5.74, 6) is -0.912. The lowest BCUT2D eigenvalue weighted by Crippen LogP contribution is -2.44. The monoisotopic (exact) mass is 1050 g/mol. The zero-order valence-corrected chi connectivity index (χ0v) is 49.8. The van der Waals surface area contributed by atoms with Gasteiger partial charge in [-0.1, -0.05) is 220 Å². The molecule has 0 aliphatic carbocycles.